The molecule has 0 fully saturated rings. The number of anilines is 2. The Labute approximate surface area is 130 Å². The van der Waals surface area contributed by atoms with E-state index in [4.69, 9.17) is 9.47 Å². The van der Waals surface area contributed by atoms with Gasteiger partial charge in [-0.1, -0.05) is 6.07 Å². The summed E-state index contributed by atoms with van der Waals surface area (Å²) in [5.41, 5.74) is 3.58. The van der Waals surface area contributed by atoms with Gasteiger partial charge < -0.3 is 20.1 Å². The molecule has 0 saturated carbocycles. The number of benzene rings is 2. The SMILES string of the molecule is COc1ccc(NC(=O)Nc2cc(C)cc(C)c2)cc1OC. The molecule has 0 atom stereocenters. The fraction of sp³-hybridized carbons (Fsp3) is 0.235. The number of carbonyl (C=O) groups excluding carboxylic acids is 1. The molecular weight excluding hydrogens is 280 g/mol. The van der Waals surface area contributed by atoms with Gasteiger partial charge in [-0.05, 0) is 49.2 Å². The standard InChI is InChI=1S/C17H20N2O3/c1-11-7-12(2)9-14(8-11)19-17(20)18-13-5-6-15(21-3)16(10-13)22-4/h5-10H,1-4H3,(H2,18,19,20). The van der Waals surface area contributed by atoms with Crippen molar-refractivity contribution in [3.63, 3.8) is 0 Å². The second-order valence-corrected chi connectivity index (χ2v) is 5.03. The van der Waals surface area contributed by atoms with E-state index in [1.165, 1.54) is 0 Å². The molecule has 2 amide bonds. The third kappa shape index (κ3) is 3.91. The lowest BCUT2D eigenvalue weighted by Gasteiger charge is -2.12. The summed E-state index contributed by atoms with van der Waals surface area (Å²) in [6, 6.07) is 10.8. The molecular formula is C17H20N2O3. The van der Waals surface area contributed by atoms with E-state index in [-0.39, 0.29) is 6.03 Å². The number of ether oxygens (including phenoxy) is 2. The number of amides is 2. The van der Waals surface area contributed by atoms with E-state index < -0.39 is 0 Å². The van der Waals surface area contributed by atoms with Crippen LogP contribution in [-0.2, 0) is 0 Å². The van der Waals surface area contributed by atoms with Gasteiger partial charge in [0.2, 0.25) is 0 Å². The molecule has 22 heavy (non-hydrogen) atoms. The average Bonchev–Trinajstić information content (AvgIpc) is 2.45. The fourth-order valence-electron chi connectivity index (χ4n) is 2.25. The summed E-state index contributed by atoms with van der Waals surface area (Å²) in [6.07, 6.45) is 0. The largest absolute Gasteiger partial charge is 0.493 e. The number of hydrogen-bond acceptors (Lipinski definition) is 3. The zero-order valence-electron chi connectivity index (χ0n) is 13.2. The van der Waals surface area contributed by atoms with E-state index in [9.17, 15) is 4.79 Å². The first kappa shape index (κ1) is 15.7. The van der Waals surface area contributed by atoms with E-state index in [2.05, 4.69) is 16.7 Å². The Kier molecular flexibility index (Phi) is 4.88. The highest BCUT2D eigenvalue weighted by atomic mass is 16.5. The first-order valence-corrected chi connectivity index (χ1v) is 6.90. The lowest BCUT2D eigenvalue weighted by Crippen LogP contribution is -2.19. The number of methoxy groups -OCH3 is 2. The van der Waals surface area contributed by atoms with Crippen LogP contribution in [0.25, 0.3) is 0 Å². The molecule has 0 radical (unpaired) electrons. The van der Waals surface area contributed by atoms with Crippen LogP contribution in [0.15, 0.2) is 36.4 Å². The van der Waals surface area contributed by atoms with Gasteiger partial charge in [-0.25, -0.2) is 4.79 Å². The van der Waals surface area contributed by atoms with Crippen molar-refractivity contribution < 1.29 is 14.3 Å². The maximum absolute atomic E-state index is 12.1. The predicted molar refractivity (Wildman–Crippen MR) is 88.1 cm³/mol. The number of rotatable bonds is 4. The normalized spacial score (nSPS) is 10.0. The molecule has 5 nitrogen and oxygen atoms in total. The van der Waals surface area contributed by atoms with Crippen molar-refractivity contribution in [3.8, 4) is 11.5 Å². The molecule has 0 heterocycles. The zero-order valence-corrected chi connectivity index (χ0v) is 13.2. The van der Waals surface area contributed by atoms with Crippen molar-refractivity contribution in [2.24, 2.45) is 0 Å². The number of hydrogen-bond donors (Lipinski definition) is 2. The Bertz CT molecular complexity index is 663. The van der Waals surface area contributed by atoms with Crippen LogP contribution in [0.5, 0.6) is 11.5 Å². The van der Waals surface area contributed by atoms with E-state index in [1.54, 1.807) is 32.4 Å². The molecule has 2 N–H and O–H groups in total. The summed E-state index contributed by atoms with van der Waals surface area (Å²) in [7, 11) is 3.12. The van der Waals surface area contributed by atoms with Crippen molar-refractivity contribution in [2.75, 3.05) is 24.9 Å². The van der Waals surface area contributed by atoms with Crippen LogP contribution >= 0.6 is 0 Å². The van der Waals surface area contributed by atoms with Crippen LogP contribution in [0, 0.1) is 13.8 Å². The van der Waals surface area contributed by atoms with Crippen LogP contribution in [0.3, 0.4) is 0 Å². The predicted octanol–water partition coefficient (Wildman–Crippen LogP) is 3.96. The van der Waals surface area contributed by atoms with Crippen molar-refractivity contribution in [1.29, 1.82) is 0 Å². The van der Waals surface area contributed by atoms with E-state index >= 15 is 0 Å². The molecule has 5 heteroatoms. The van der Waals surface area contributed by atoms with Crippen molar-refractivity contribution in [3.05, 3.63) is 47.5 Å². The average molecular weight is 300 g/mol. The van der Waals surface area contributed by atoms with E-state index in [0.29, 0.717) is 17.2 Å². The fourth-order valence-corrected chi connectivity index (χ4v) is 2.25. The molecule has 0 aliphatic rings. The molecule has 0 unspecified atom stereocenters. The van der Waals surface area contributed by atoms with Crippen LogP contribution in [0.4, 0.5) is 16.2 Å². The summed E-state index contributed by atoms with van der Waals surface area (Å²) in [5.74, 6) is 1.18. The number of urea groups is 1. The van der Waals surface area contributed by atoms with Gasteiger partial charge in [-0.15, -0.1) is 0 Å². The minimum absolute atomic E-state index is 0.308. The lowest BCUT2D eigenvalue weighted by atomic mass is 10.1. The number of aryl methyl sites for hydroxylation is 2. The van der Waals surface area contributed by atoms with Gasteiger partial charge in [0.05, 0.1) is 14.2 Å². The van der Waals surface area contributed by atoms with Crippen LogP contribution in [0.1, 0.15) is 11.1 Å². The van der Waals surface area contributed by atoms with Gasteiger partial charge >= 0.3 is 6.03 Å². The Morgan fingerprint density at radius 1 is 0.818 bits per heavy atom. The smallest absolute Gasteiger partial charge is 0.323 e. The lowest BCUT2D eigenvalue weighted by molar-refractivity contribution is 0.262. The highest BCUT2D eigenvalue weighted by molar-refractivity contribution is 6.00. The minimum atomic E-state index is -0.308. The maximum atomic E-state index is 12.1. The Morgan fingerprint density at radius 3 is 2.00 bits per heavy atom. The Hall–Kier alpha value is -2.69. The molecule has 0 saturated heterocycles. The molecule has 0 aliphatic heterocycles. The molecule has 0 aliphatic carbocycles. The van der Waals surface area contributed by atoms with Crippen molar-refractivity contribution >= 4 is 17.4 Å². The first-order chi connectivity index (χ1) is 10.5. The summed E-state index contributed by atoms with van der Waals surface area (Å²) in [6.45, 7) is 3.98. The topological polar surface area (TPSA) is 59.6 Å². The zero-order chi connectivity index (χ0) is 16.1. The molecule has 2 aromatic carbocycles. The third-order valence-electron chi connectivity index (χ3n) is 3.12. The molecule has 2 aromatic rings. The monoisotopic (exact) mass is 300 g/mol. The van der Waals surface area contributed by atoms with Crippen LogP contribution in [0.2, 0.25) is 0 Å². The third-order valence-corrected chi connectivity index (χ3v) is 3.12. The molecule has 0 bridgehead atoms. The van der Waals surface area contributed by atoms with Gasteiger partial charge in [0.15, 0.2) is 11.5 Å². The van der Waals surface area contributed by atoms with Gasteiger partial charge in [-0.2, -0.15) is 0 Å². The van der Waals surface area contributed by atoms with Gasteiger partial charge in [0.25, 0.3) is 0 Å². The summed E-state index contributed by atoms with van der Waals surface area (Å²) >= 11 is 0. The summed E-state index contributed by atoms with van der Waals surface area (Å²) in [4.78, 5) is 12.1. The molecule has 2 rings (SSSR count). The quantitative estimate of drug-likeness (QED) is 0.898. The van der Waals surface area contributed by atoms with Gasteiger partial charge in [0.1, 0.15) is 0 Å². The van der Waals surface area contributed by atoms with Crippen molar-refractivity contribution in [1.82, 2.24) is 0 Å². The summed E-state index contributed by atoms with van der Waals surface area (Å²) < 4.78 is 10.4. The molecule has 0 aromatic heterocycles. The van der Waals surface area contributed by atoms with Crippen LogP contribution in [-0.4, -0.2) is 20.3 Å². The number of carbonyl (C=O) groups is 1. The van der Waals surface area contributed by atoms with Gasteiger partial charge in [0, 0.05) is 17.4 Å². The highest BCUT2D eigenvalue weighted by Crippen LogP contribution is 2.29. The maximum Gasteiger partial charge on any atom is 0.323 e. The molecule has 116 valence electrons. The molecule has 0 spiro atoms. The first-order valence-electron chi connectivity index (χ1n) is 6.90. The van der Waals surface area contributed by atoms with E-state index in [0.717, 1.165) is 16.8 Å². The highest BCUT2D eigenvalue weighted by Gasteiger charge is 2.08. The summed E-state index contributed by atoms with van der Waals surface area (Å²) in [5, 5.41) is 5.59. The van der Waals surface area contributed by atoms with Gasteiger partial charge in [-0.3, -0.25) is 0 Å². The van der Waals surface area contributed by atoms with E-state index in [1.807, 2.05) is 26.0 Å². The second kappa shape index (κ2) is 6.85. The van der Waals surface area contributed by atoms with Crippen LogP contribution < -0.4 is 20.1 Å². The van der Waals surface area contributed by atoms with Crippen molar-refractivity contribution in [2.45, 2.75) is 13.8 Å². The Balaban J connectivity index is 2.08. The minimum Gasteiger partial charge on any atom is -0.493 e. The Morgan fingerprint density at radius 2 is 1.41 bits per heavy atom. The second-order valence-electron chi connectivity index (χ2n) is 5.03. The number of nitrogens with one attached hydrogen (secondary N) is 2.